The first-order valence-electron chi connectivity index (χ1n) is 8.10. The molecular formula is C21H20N2O2. The predicted molar refractivity (Wildman–Crippen MR) is 99.7 cm³/mol. The molecule has 25 heavy (non-hydrogen) atoms. The number of methoxy groups -OCH3 is 1. The highest BCUT2D eigenvalue weighted by Gasteiger charge is 2.05. The van der Waals surface area contributed by atoms with Crippen LogP contribution in [-0.2, 0) is 11.2 Å². The van der Waals surface area contributed by atoms with E-state index in [-0.39, 0.29) is 5.91 Å². The summed E-state index contributed by atoms with van der Waals surface area (Å²) < 4.78 is 5.12. The molecule has 0 saturated carbocycles. The number of carbonyl (C=O) groups excluding carboxylic acids is 1. The minimum absolute atomic E-state index is 0.0438. The molecule has 2 aromatic carbocycles. The smallest absolute Gasteiger partial charge is 0.228 e. The topological polar surface area (TPSA) is 51.2 Å². The number of nitrogens with one attached hydrogen (secondary N) is 1. The Balaban J connectivity index is 1.63. The zero-order chi connectivity index (χ0) is 17.6. The lowest BCUT2D eigenvalue weighted by molar-refractivity contribution is -0.115. The second kappa shape index (κ2) is 7.62. The molecule has 0 radical (unpaired) electrons. The lowest BCUT2D eigenvalue weighted by Crippen LogP contribution is -2.14. The van der Waals surface area contributed by atoms with Crippen LogP contribution in [0.4, 0.5) is 5.69 Å². The lowest BCUT2D eigenvalue weighted by Gasteiger charge is -2.08. The number of nitrogens with zero attached hydrogens (tertiary/aromatic N) is 1. The minimum atomic E-state index is -0.0438. The highest BCUT2D eigenvalue weighted by Crippen LogP contribution is 2.21. The first-order chi connectivity index (χ1) is 12.1. The molecule has 3 rings (SSSR count). The maximum absolute atomic E-state index is 12.2. The molecule has 3 aromatic rings. The molecule has 126 valence electrons. The van der Waals surface area contributed by atoms with Gasteiger partial charge in [0, 0.05) is 17.6 Å². The highest BCUT2D eigenvalue weighted by atomic mass is 16.5. The van der Waals surface area contributed by atoms with Gasteiger partial charge < -0.3 is 10.1 Å². The van der Waals surface area contributed by atoms with Gasteiger partial charge in [-0.1, -0.05) is 24.3 Å². The van der Waals surface area contributed by atoms with Gasteiger partial charge in [0.15, 0.2) is 0 Å². The summed E-state index contributed by atoms with van der Waals surface area (Å²) in [6.07, 6.45) is 2.13. The standard InChI is InChI=1S/C21H20N2O2/c1-15-13-18(11-12-22-15)17-5-7-19(8-6-17)23-21(24)14-16-3-9-20(25-2)10-4-16/h3-13H,14H2,1-2H3,(H,23,24). The van der Waals surface area contributed by atoms with E-state index in [1.807, 2.05) is 67.6 Å². The van der Waals surface area contributed by atoms with Crippen LogP contribution in [0.5, 0.6) is 5.75 Å². The number of hydrogen-bond acceptors (Lipinski definition) is 3. The Hall–Kier alpha value is -3.14. The van der Waals surface area contributed by atoms with Crippen LogP contribution in [-0.4, -0.2) is 18.0 Å². The number of rotatable bonds is 5. The molecule has 0 unspecified atom stereocenters. The third kappa shape index (κ3) is 4.44. The third-order valence-corrected chi connectivity index (χ3v) is 3.92. The van der Waals surface area contributed by atoms with Crippen LogP contribution in [0.2, 0.25) is 0 Å². The van der Waals surface area contributed by atoms with Gasteiger partial charge in [-0.25, -0.2) is 0 Å². The number of anilines is 1. The molecule has 1 aromatic heterocycles. The van der Waals surface area contributed by atoms with Crippen LogP contribution >= 0.6 is 0 Å². The van der Waals surface area contributed by atoms with Gasteiger partial charge in [-0.2, -0.15) is 0 Å². The first kappa shape index (κ1) is 16.7. The van der Waals surface area contributed by atoms with Gasteiger partial charge in [-0.15, -0.1) is 0 Å². The number of carbonyl (C=O) groups is 1. The average molecular weight is 332 g/mol. The normalized spacial score (nSPS) is 10.3. The van der Waals surface area contributed by atoms with Crippen LogP contribution < -0.4 is 10.1 Å². The Morgan fingerprint density at radius 2 is 1.72 bits per heavy atom. The summed E-state index contributed by atoms with van der Waals surface area (Å²) >= 11 is 0. The Kier molecular flexibility index (Phi) is 5.09. The molecule has 0 aliphatic heterocycles. The Morgan fingerprint density at radius 3 is 2.36 bits per heavy atom. The van der Waals surface area contributed by atoms with Crippen molar-refractivity contribution in [1.82, 2.24) is 4.98 Å². The monoisotopic (exact) mass is 332 g/mol. The van der Waals surface area contributed by atoms with Gasteiger partial charge in [-0.05, 0) is 60.0 Å². The van der Waals surface area contributed by atoms with Crippen molar-refractivity contribution in [3.8, 4) is 16.9 Å². The third-order valence-electron chi connectivity index (χ3n) is 3.92. The van der Waals surface area contributed by atoms with E-state index in [4.69, 9.17) is 4.74 Å². The van der Waals surface area contributed by atoms with Crippen LogP contribution in [0.1, 0.15) is 11.3 Å². The molecule has 1 heterocycles. The van der Waals surface area contributed by atoms with Crippen LogP contribution in [0.25, 0.3) is 11.1 Å². The van der Waals surface area contributed by atoms with Gasteiger partial charge >= 0.3 is 0 Å². The van der Waals surface area contributed by atoms with Gasteiger partial charge in [0.25, 0.3) is 0 Å². The molecule has 0 fully saturated rings. The van der Waals surface area contributed by atoms with E-state index in [2.05, 4.69) is 10.3 Å². The van der Waals surface area contributed by atoms with Gasteiger partial charge in [0.2, 0.25) is 5.91 Å². The second-order valence-electron chi connectivity index (χ2n) is 5.84. The summed E-state index contributed by atoms with van der Waals surface area (Å²) in [5.74, 6) is 0.740. The van der Waals surface area contributed by atoms with E-state index in [9.17, 15) is 4.79 Å². The number of ether oxygens (including phenoxy) is 1. The van der Waals surface area contributed by atoms with Crippen molar-refractivity contribution in [3.05, 3.63) is 78.1 Å². The average Bonchev–Trinajstić information content (AvgIpc) is 2.63. The summed E-state index contributed by atoms with van der Waals surface area (Å²) in [4.78, 5) is 16.4. The summed E-state index contributed by atoms with van der Waals surface area (Å²) in [6, 6.07) is 19.3. The van der Waals surface area contributed by atoms with Crippen molar-refractivity contribution in [2.75, 3.05) is 12.4 Å². The fraction of sp³-hybridized carbons (Fsp3) is 0.143. The SMILES string of the molecule is COc1ccc(CC(=O)Nc2ccc(-c3ccnc(C)c3)cc2)cc1. The minimum Gasteiger partial charge on any atom is -0.497 e. The Morgan fingerprint density at radius 1 is 1.00 bits per heavy atom. The number of benzene rings is 2. The molecule has 0 aliphatic rings. The Labute approximate surface area is 147 Å². The predicted octanol–water partition coefficient (Wildman–Crippen LogP) is 4.25. The molecule has 0 saturated heterocycles. The van der Waals surface area contributed by atoms with Crippen LogP contribution in [0.15, 0.2) is 66.9 Å². The zero-order valence-electron chi connectivity index (χ0n) is 14.3. The van der Waals surface area contributed by atoms with E-state index in [1.54, 1.807) is 13.3 Å². The number of pyridine rings is 1. The molecule has 0 spiro atoms. The summed E-state index contributed by atoms with van der Waals surface area (Å²) in [5, 5.41) is 2.93. The van der Waals surface area contributed by atoms with Crippen molar-refractivity contribution >= 4 is 11.6 Å². The van der Waals surface area contributed by atoms with Crippen LogP contribution in [0, 0.1) is 6.92 Å². The largest absolute Gasteiger partial charge is 0.497 e. The van der Waals surface area contributed by atoms with E-state index >= 15 is 0 Å². The maximum Gasteiger partial charge on any atom is 0.228 e. The molecule has 1 N–H and O–H groups in total. The highest BCUT2D eigenvalue weighted by molar-refractivity contribution is 5.92. The fourth-order valence-electron chi connectivity index (χ4n) is 2.61. The number of aromatic nitrogens is 1. The molecule has 4 nitrogen and oxygen atoms in total. The Bertz CT molecular complexity index is 856. The van der Waals surface area contributed by atoms with Crippen molar-refractivity contribution < 1.29 is 9.53 Å². The summed E-state index contributed by atoms with van der Waals surface area (Å²) in [6.45, 7) is 1.97. The van der Waals surface area contributed by atoms with Crippen molar-refractivity contribution in [2.45, 2.75) is 13.3 Å². The van der Waals surface area contributed by atoms with E-state index in [0.717, 1.165) is 33.8 Å². The van der Waals surface area contributed by atoms with E-state index in [1.165, 1.54) is 0 Å². The molecule has 0 bridgehead atoms. The molecule has 4 heteroatoms. The second-order valence-corrected chi connectivity index (χ2v) is 5.84. The molecule has 1 amide bonds. The van der Waals surface area contributed by atoms with E-state index in [0.29, 0.717) is 6.42 Å². The number of amides is 1. The van der Waals surface area contributed by atoms with Gasteiger partial charge in [-0.3, -0.25) is 9.78 Å². The fourth-order valence-corrected chi connectivity index (χ4v) is 2.61. The van der Waals surface area contributed by atoms with Crippen molar-refractivity contribution in [1.29, 1.82) is 0 Å². The zero-order valence-corrected chi connectivity index (χ0v) is 14.3. The quantitative estimate of drug-likeness (QED) is 0.760. The number of aryl methyl sites for hydroxylation is 1. The number of hydrogen-bond donors (Lipinski definition) is 1. The summed E-state index contributed by atoms with van der Waals surface area (Å²) in [5.41, 5.74) is 4.92. The van der Waals surface area contributed by atoms with Gasteiger partial charge in [0.1, 0.15) is 5.75 Å². The van der Waals surface area contributed by atoms with E-state index < -0.39 is 0 Å². The molecule has 0 aliphatic carbocycles. The first-order valence-corrected chi connectivity index (χ1v) is 8.10. The lowest BCUT2D eigenvalue weighted by atomic mass is 10.1. The maximum atomic E-state index is 12.2. The van der Waals surface area contributed by atoms with Crippen LogP contribution in [0.3, 0.4) is 0 Å². The van der Waals surface area contributed by atoms with Crippen molar-refractivity contribution in [3.63, 3.8) is 0 Å². The molecular weight excluding hydrogens is 312 g/mol. The summed E-state index contributed by atoms with van der Waals surface area (Å²) in [7, 11) is 1.62. The van der Waals surface area contributed by atoms with Gasteiger partial charge in [0.05, 0.1) is 13.5 Å². The molecule has 0 atom stereocenters. The van der Waals surface area contributed by atoms with Crippen molar-refractivity contribution in [2.24, 2.45) is 0 Å².